The zero-order chi connectivity index (χ0) is 14.7. The zero-order valence-corrected chi connectivity index (χ0v) is 14.2. The van der Waals surface area contributed by atoms with E-state index in [0.717, 1.165) is 55.7 Å². The molecule has 0 saturated carbocycles. The first-order chi connectivity index (χ1) is 10.2. The van der Waals surface area contributed by atoms with Crippen LogP contribution in [0.15, 0.2) is 0 Å². The summed E-state index contributed by atoms with van der Waals surface area (Å²) in [5.74, 6) is 2.66. The van der Waals surface area contributed by atoms with Crippen molar-refractivity contribution < 1.29 is 9.84 Å². The van der Waals surface area contributed by atoms with Crippen molar-refractivity contribution in [1.82, 2.24) is 9.59 Å². The number of hydrogen-bond acceptors (Lipinski definition) is 6. The quantitative estimate of drug-likeness (QED) is 0.920. The van der Waals surface area contributed by atoms with Gasteiger partial charge in [-0.2, -0.15) is 11.8 Å². The highest BCUT2D eigenvalue weighted by Crippen LogP contribution is 2.44. The fourth-order valence-electron chi connectivity index (χ4n) is 3.49. The smallest absolute Gasteiger partial charge is 0.0947 e. The Kier molecular flexibility index (Phi) is 5.19. The maximum atomic E-state index is 10.8. The maximum Gasteiger partial charge on any atom is 0.0947 e. The van der Waals surface area contributed by atoms with E-state index in [0.29, 0.717) is 5.92 Å². The molecule has 0 amide bonds. The number of aliphatic hydroxyl groups excluding tert-OH is 1. The molecular formula is C15H24N2O2S2. The Balaban J connectivity index is 1.71. The lowest BCUT2D eigenvalue weighted by molar-refractivity contribution is -0.121. The van der Waals surface area contributed by atoms with Crippen LogP contribution in [0.2, 0.25) is 0 Å². The Labute approximate surface area is 134 Å². The van der Waals surface area contributed by atoms with Crippen molar-refractivity contribution in [2.24, 2.45) is 5.92 Å². The van der Waals surface area contributed by atoms with Gasteiger partial charge in [-0.15, -0.1) is 5.10 Å². The minimum absolute atomic E-state index is 0.0260. The van der Waals surface area contributed by atoms with Gasteiger partial charge in [0.2, 0.25) is 0 Å². The van der Waals surface area contributed by atoms with Crippen molar-refractivity contribution in [1.29, 1.82) is 0 Å². The Hall–Kier alpha value is -0.170. The lowest BCUT2D eigenvalue weighted by atomic mass is 9.79. The molecule has 0 aliphatic carbocycles. The number of ether oxygens (including phenoxy) is 1. The Bertz CT molecular complexity index is 455. The Morgan fingerprint density at radius 1 is 1.43 bits per heavy atom. The van der Waals surface area contributed by atoms with E-state index < -0.39 is 6.10 Å². The summed E-state index contributed by atoms with van der Waals surface area (Å²) in [7, 11) is 0. The van der Waals surface area contributed by atoms with Gasteiger partial charge in [-0.25, -0.2) is 0 Å². The second-order valence-corrected chi connectivity index (χ2v) is 8.19. The summed E-state index contributed by atoms with van der Waals surface area (Å²) < 4.78 is 10.2. The maximum absolute atomic E-state index is 10.8. The molecule has 21 heavy (non-hydrogen) atoms. The highest BCUT2D eigenvalue weighted by atomic mass is 32.2. The first kappa shape index (κ1) is 15.7. The molecule has 1 aromatic heterocycles. The zero-order valence-electron chi connectivity index (χ0n) is 12.6. The van der Waals surface area contributed by atoms with E-state index in [1.54, 1.807) is 0 Å². The first-order valence-electron chi connectivity index (χ1n) is 7.95. The number of rotatable bonds is 4. The van der Waals surface area contributed by atoms with Crippen LogP contribution < -0.4 is 0 Å². The standard InChI is InChI=1S/C15H24N2O2S2/c1-2-3-12-14(21-17-16-12)13(18)11-4-7-19-15(10-11)5-8-20-9-6-15/h11,13,18H,2-10H2,1H3. The summed E-state index contributed by atoms with van der Waals surface area (Å²) in [5, 5.41) is 15.0. The largest absolute Gasteiger partial charge is 0.387 e. The minimum atomic E-state index is -0.415. The number of nitrogens with zero attached hydrogens (tertiary/aromatic N) is 2. The van der Waals surface area contributed by atoms with Gasteiger partial charge in [0.15, 0.2) is 0 Å². The second-order valence-electron chi connectivity index (χ2n) is 6.18. The van der Waals surface area contributed by atoms with E-state index in [1.165, 1.54) is 23.0 Å². The number of thioether (sulfide) groups is 1. The molecule has 2 aliphatic heterocycles. The fraction of sp³-hybridized carbons (Fsp3) is 0.867. The molecule has 3 rings (SSSR count). The molecular weight excluding hydrogens is 304 g/mol. The predicted octanol–water partition coefficient (Wildman–Crippen LogP) is 3.22. The minimum Gasteiger partial charge on any atom is -0.387 e. The molecule has 6 heteroatoms. The van der Waals surface area contributed by atoms with E-state index in [1.807, 2.05) is 11.8 Å². The van der Waals surface area contributed by atoms with Crippen molar-refractivity contribution in [3.05, 3.63) is 10.6 Å². The van der Waals surface area contributed by atoms with Crippen LogP contribution in [0, 0.1) is 5.92 Å². The van der Waals surface area contributed by atoms with Crippen LogP contribution in [-0.4, -0.2) is 38.4 Å². The fourth-order valence-corrected chi connectivity index (χ4v) is 5.50. The van der Waals surface area contributed by atoms with E-state index in [-0.39, 0.29) is 5.60 Å². The summed E-state index contributed by atoms with van der Waals surface area (Å²) in [4.78, 5) is 0.990. The molecule has 1 spiro atoms. The van der Waals surface area contributed by atoms with Crippen LogP contribution in [0.25, 0.3) is 0 Å². The molecule has 0 radical (unpaired) electrons. The summed E-state index contributed by atoms with van der Waals surface area (Å²) in [6.07, 6.45) is 5.72. The van der Waals surface area contributed by atoms with Crippen LogP contribution in [0.1, 0.15) is 55.7 Å². The number of hydrogen-bond donors (Lipinski definition) is 1. The molecule has 2 saturated heterocycles. The average molecular weight is 329 g/mol. The SMILES string of the molecule is CCCc1nnsc1C(O)C1CCOC2(CCSCC2)C1. The van der Waals surface area contributed by atoms with Gasteiger partial charge in [-0.05, 0) is 61.1 Å². The molecule has 3 heterocycles. The summed E-state index contributed by atoms with van der Waals surface area (Å²) in [6, 6.07) is 0. The van der Waals surface area contributed by atoms with Crippen LogP contribution in [0.4, 0.5) is 0 Å². The van der Waals surface area contributed by atoms with Gasteiger partial charge in [-0.3, -0.25) is 0 Å². The van der Waals surface area contributed by atoms with E-state index >= 15 is 0 Å². The van der Waals surface area contributed by atoms with Gasteiger partial charge in [0, 0.05) is 6.61 Å². The highest BCUT2D eigenvalue weighted by molar-refractivity contribution is 7.99. The van der Waals surface area contributed by atoms with E-state index in [9.17, 15) is 5.11 Å². The molecule has 2 unspecified atom stereocenters. The van der Waals surface area contributed by atoms with Gasteiger partial charge in [0.1, 0.15) is 0 Å². The van der Waals surface area contributed by atoms with Gasteiger partial charge in [0.05, 0.1) is 22.3 Å². The number of aromatic nitrogens is 2. The van der Waals surface area contributed by atoms with E-state index in [4.69, 9.17) is 4.74 Å². The predicted molar refractivity (Wildman–Crippen MR) is 86.8 cm³/mol. The molecule has 0 bridgehead atoms. The van der Waals surface area contributed by atoms with Crippen molar-refractivity contribution >= 4 is 23.3 Å². The van der Waals surface area contributed by atoms with Gasteiger partial charge in [-0.1, -0.05) is 17.8 Å². The summed E-state index contributed by atoms with van der Waals surface area (Å²) in [6.45, 7) is 2.92. The van der Waals surface area contributed by atoms with Gasteiger partial charge >= 0.3 is 0 Å². The second kappa shape index (κ2) is 6.94. The van der Waals surface area contributed by atoms with Crippen molar-refractivity contribution in [2.75, 3.05) is 18.1 Å². The topological polar surface area (TPSA) is 55.2 Å². The molecule has 2 atom stereocenters. The van der Waals surface area contributed by atoms with Crippen molar-refractivity contribution in [3.63, 3.8) is 0 Å². The molecule has 118 valence electrons. The highest BCUT2D eigenvalue weighted by Gasteiger charge is 2.41. The third kappa shape index (κ3) is 3.44. The monoisotopic (exact) mass is 328 g/mol. The lowest BCUT2D eigenvalue weighted by Gasteiger charge is -2.44. The normalized spacial score (nSPS) is 26.9. The van der Waals surface area contributed by atoms with Crippen LogP contribution in [0.5, 0.6) is 0 Å². The van der Waals surface area contributed by atoms with Crippen molar-refractivity contribution in [3.8, 4) is 0 Å². The van der Waals surface area contributed by atoms with Crippen LogP contribution in [0.3, 0.4) is 0 Å². The summed E-state index contributed by atoms with van der Waals surface area (Å²) >= 11 is 3.39. The Morgan fingerprint density at radius 2 is 2.24 bits per heavy atom. The summed E-state index contributed by atoms with van der Waals surface area (Å²) in [5.41, 5.74) is 1.02. The third-order valence-corrected chi connectivity index (χ3v) is 6.54. The van der Waals surface area contributed by atoms with Gasteiger partial charge in [0.25, 0.3) is 0 Å². The lowest BCUT2D eigenvalue weighted by Crippen LogP contribution is -2.44. The molecule has 2 aliphatic rings. The first-order valence-corrected chi connectivity index (χ1v) is 9.88. The van der Waals surface area contributed by atoms with E-state index in [2.05, 4.69) is 16.5 Å². The third-order valence-electron chi connectivity index (χ3n) is 4.72. The number of aliphatic hydroxyl groups is 1. The van der Waals surface area contributed by atoms with Crippen LogP contribution >= 0.6 is 23.3 Å². The Morgan fingerprint density at radius 3 is 3.00 bits per heavy atom. The van der Waals surface area contributed by atoms with Crippen LogP contribution in [-0.2, 0) is 11.2 Å². The van der Waals surface area contributed by atoms with Gasteiger partial charge < -0.3 is 9.84 Å². The molecule has 4 nitrogen and oxygen atoms in total. The molecule has 1 aromatic rings. The number of aryl methyl sites for hydroxylation is 1. The average Bonchev–Trinajstić information content (AvgIpc) is 2.96. The molecule has 0 aromatic carbocycles. The molecule has 1 N–H and O–H groups in total. The molecule has 2 fully saturated rings. The van der Waals surface area contributed by atoms with Crippen molar-refractivity contribution in [2.45, 2.75) is 57.2 Å².